The Morgan fingerprint density at radius 1 is 1.35 bits per heavy atom. The maximum Gasteiger partial charge on any atom is 0.228 e. The Morgan fingerprint density at radius 3 is 3.00 bits per heavy atom. The second-order valence-electron chi connectivity index (χ2n) is 5.18. The quantitative estimate of drug-likeness (QED) is 0.910. The highest BCUT2D eigenvalue weighted by molar-refractivity contribution is 5.99. The minimum Gasteiger partial charge on any atom is -0.325 e. The van der Waals surface area contributed by atoms with Gasteiger partial charge in [0, 0.05) is 23.7 Å². The van der Waals surface area contributed by atoms with Crippen LogP contribution in [0.15, 0.2) is 24.4 Å². The molecule has 3 rings (SSSR count). The van der Waals surface area contributed by atoms with Crippen molar-refractivity contribution >= 4 is 11.6 Å². The summed E-state index contributed by atoms with van der Waals surface area (Å²) in [6.07, 6.45) is 3.99. The third kappa shape index (κ3) is 2.29. The van der Waals surface area contributed by atoms with Crippen LogP contribution < -0.4 is 5.32 Å². The first-order chi connectivity index (χ1) is 9.67. The van der Waals surface area contributed by atoms with Gasteiger partial charge >= 0.3 is 0 Å². The standard InChI is InChI=1S/C16H17N3O/c1-3-4-14-17-9-11-8-15(20)18-13-6-5-10(2)7-12(13)16(11)19-14/h5-7,9H,3-4,8H2,1-2H3,(H,18,20). The number of carbonyl (C=O) groups excluding carboxylic acids is 1. The summed E-state index contributed by atoms with van der Waals surface area (Å²) < 4.78 is 0. The average molecular weight is 267 g/mol. The van der Waals surface area contributed by atoms with Crippen LogP contribution in [0.2, 0.25) is 0 Å². The number of hydrogen-bond acceptors (Lipinski definition) is 3. The summed E-state index contributed by atoms with van der Waals surface area (Å²) in [7, 11) is 0. The first-order valence-corrected chi connectivity index (χ1v) is 6.93. The van der Waals surface area contributed by atoms with Crippen molar-refractivity contribution in [3.05, 3.63) is 41.3 Å². The van der Waals surface area contributed by atoms with E-state index in [0.29, 0.717) is 6.42 Å². The van der Waals surface area contributed by atoms with Crippen LogP contribution in [0.4, 0.5) is 5.69 Å². The molecule has 4 nitrogen and oxygen atoms in total. The molecular formula is C16H17N3O. The van der Waals surface area contributed by atoms with Gasteiger partial charge in [0.1, 0.15) is 5.82 Å². The van der Waals surface area contributed by atoms with Crippen LogP contribution in [0, 0.1) is 6.92 Å². The highest BCUT2D eigenvalue weighted by Gasteiger charge is 2.20. The Bertz CT molecular complexity index is 679. The summed E-state index contributed by atoms with van der Waals surface area (Å²) in [4.78, 5) is 21.0. The third-order valence-corrected chi connectivity index (χ3v) is 3.44. The highest BCUT2D eigenvalue weighted by atomic mass is 16.1. The number of hydrogen-bond donors (Lipinski definition) is 1. The summed E-state index contributed by atoms with van der Waals surface area (Å²) >= 11 is 0. The van der Waals surface area contributed by atoms with E-state index in [9.17, 15) is 4.79 Å². The van der Waals surface area contributed by atoms with E-state index in [1.165, 1.54) is 0 Å². The molecule has 102 valence electrons. The fourth-order valence-corrected chi connectivity index (χ4v) is 2.48. The number of benzene rings is 1. The number of rotatable bonds is 2. The molecule has 1 N–H and O–H groups in total. The molecule has 0 unspecified atom stereocenters. The normalized spacial score (nSPS) is 13.2. The topological polar surface area (TPSA) is 54.9 Å². The molecule has 4 heteroatoms. The lowest BCUT2D eigenvalue weighted by atomic mass is 10.0. The van der Waals surface area contributed by atoms with E-state index in [0.717, 1.165) is 46.7 Å². The SMILES string of the molecule is CCCc1ncc2c(n1)-c1cc(C)ccc1NC(=O)C2. The number of aromatic nitrogens is 2. The highest BCUT2D eigenvalue weighted by Crippen LogP contribution is 2.33. The number of amides is 1. The molecule has 0 spiro atoms. The van der Waals surface area contributed by atoms with E-state index in [-0.39, 0.29) is 5.91 Å². The Balaban J connectivity index is 2.21. The molecule has 0 atom stereocenters. The molecule has 1 aliphatic rings. The lowest BCUT2D eigenvalue weighted by molar-refractivity contribution is -0.115. The van der Waals surface area contributed by atoms with Gasteiger partial charge in [-0.15, -0.1) is 0 Å². The smallest absolute Gasteiger partial charge is 0.228 e. The fraction of sp³-hybridized carbons (Fsp3) is 0.312. The minimum absolute atomic E-state index is 0.0132. The predicted octanol–water partition coefficient (Wildman–Crippen LogP) is 2.90. The van der Waals surface area contributed by atoms with Crippen molar-refractivity contribution < 1.29 is 4.79 Å². The number of aryl methyl sites for hydroxylation is 2. The molecular weight excluding hydrogens is 250 g/mol. The largest absolute Gasteiger partial charge is 0.325 e. The Kier molecular flexibility index (Phi) is 3.22. The van der Waals surface area contributed by atoms with Crippen molar-refractivity contribution in [2.45, 2.75) is 33.1 Å². The maximum atomic E-state index is 11.9. The monoisotopic (exact) mass is 267 g/mol. The van der Waals surface area contributed by atoms with Crippen molar-refractivity contribution in [3.8, 4) is 11.3 Å². The van der Waals surface area contributed by atoms with Crippen LogP contribution >= 0.6 is 0 Å². The summed E-state index contributed by atoms with van der Waals surface area (Å²) in [5.41, 5.74) is 4.76. The molecule has 1 aliphatic heterocycles. The first kappa shape index (κ1) is 12.8. The minimum atomic E-state index is -0.0132. The van der Waals surface area contributed by atoms with Gasteiger partial charge in [-0.2, -0.15) is 0 Å². The van der Waals surface area contributed by atoms with Gasteiger partial charge in [-0.05, 0) is 25.5 Å². The molecule has 0 saturated heterocycles. The number of nitrogens with one attached hydrogen (secondary N) is 1. The van der Waals surface area contributed by atoms with E-state index in [1.54, 1.807) is 6.20 Å². The van der Waals surface area contributed by atoms with E-state index < -0.39 is 0 Å². The van der Waals surface area contributed by atoms with E-state index in [4.69, 9.17) is 0 Å². The number of anilines is 1. The molecule has 0 fully saturated rings. The zero-order valence-electron chi connectivity index (χ0n) is 11.7. The van der Waals surface area contributed by atoms with Gasteiger partial charge < -0.3 is 5.32 Å². The van der Waals surface area contributed by atoms with Gasteiger partial charge in [0.25, 0.3) is 0 Å². The summed E-state index contributed by atoms with van der Waals surface area (Å²) in [6, 6.07) is 6.01. The summed E-state index contributed by atoms with van der Waals surface area (Å²) in [5, 5.41) is 2.94. The van der Waals surface area contributed by atoms with Crippen LogP contribution in [0.5, 0.6) is 0 Å². The Morgan fingerprint density at radius 2 is 2.20 bits per heavy atom. The number of nitrogens with zero attached hydrogens (tertiary/aromatic N) is 2. The van der Waals surface area contributed by atoms with Gasteiger partial charge in [0.15, 0.2) is 0 Å². The molecule has 1 aromatic carbocycles. The van der Waals surface area contributed by atoms with E-state index in [1.807, 2.05) is 19.1 Å². The van der Waals surface area contributed by atoms with Crippen molar-refractivity contribution in [2.24, 2.45) is 0 Å². The molecule has 2 heterocycles. The zero-order chi connectivity index (χ0) is 14.1. The van der Waals surface area contributed by atoms with Gasteiger partial charge in [0.05, 0.1) is 17.8 Å². The third-order valence-electron chi connectivity index (χ3n) is 3.44. The van der Waals surface area contributed by atoms with E-state index >= 15 is 0 Å². The zero-order valence-corrected chi connectivity index (χ0v) is 11.7. The van der Waals surface area contributed by atoms with Gasteiger partial charge in [-0.3, -0.25) is 4.79 Å². The van der Waals surface area contributed by atoms with E-state index in [2.05, 4.69) is 28.3 Å². The van der Waals surface area contributed by atoms with Crippen molar-refractivity contribution in [1.29, 1.82) is 0 Å². The van der Waals surface area contributed by atoms with Crippen LogP contribution in [-0.2, 0) is 17.6 Å². The molecule has 0 aliphatic carbocycles. The molecule has 0 saturated carbocycles. The maximum absolute atomic E-state index is 11.9. The van der Waals surface area contributed by atoms with Gasteiger partial charge in [-0.25, -0.2) is 9.97 Å². The second kappa shape index (κ2) is 5.04. The summed E-state index contributed by atoms with van der Waals surface area (Å²) in [6.45, 7) is 4.15. The fourth-order valence-electron chi connectivity index (χ4n) is 2.48. The van der Waals surface area contributed by atoms with Crippen molar-refractivity contribution in [2.75, 3.05) is 5.32 Å². The van der Waals surface area contributed by atoms with Crippen LogP contribution in [0.3, 0.4) is 0 Å². The molecule has 20 heavy (non-hydrogen) atoms. The van der Waals surface area contributed by atoms with Crippen LogP contribution in [-0.4, -0.2) is 15.9 Å². The number of fused-ring (bicyclic) bond motifs is 3. The second-order valence-corrected chi connectivity index (χ2v) is 5.18. The molecule has 1 aromatic heterocycles. The molecule has 2 aromatic rings. The average Bonchev–Trinajstić information content (AvgIpc) is 2.55. The Hall–Kier alpha value is -2.23. The van der Waals surface area contributed by atoms with Crippen LogP contribution in [0.25, 0.3) is 11.3 Å². The van der Waals surface area contributed by atoms with Gasteiger partial charge in [-0.1, -0.05) is 18.6 Å². The number of carbonyl (C=O) groups is 1. The van der Waals surface area contributed by atoms with Gasteiger partial charge in [0.2, 0.25) is 5.91 Å². The predicted molar refractivity (Wildman–Crippen MR) is 78.5 cm³/mol. The molecule has 1 amide bonds. The van der Waals surface area contributed by atoms with Crippen LogP contribution in [0.1, 0.15) is 30.3 Å². The first-order valence-electron chi connectivity index (χ1n) is 6.93. The lowest BCUT2D eigenvalue weighted by Crippen LogP contribution is -2.12. The molecule has 0 radical (unpaired) electrons. The lowest BCUT2D eigenvalue weighted by Gasteiger charge is -2.10. The summed E-state index contributed by atoms with van der Waals surface area (Å²) in [5.74, 6) is 0.828. The van der Waals surface area contributed by atoms with Crippen molar-refractivity contribution in [3.63, 3.8) is 0 Å². The molecule has 0 bridgehead atoms. The Labute approximate surface area is 118 Å². The van der Waals surface area contributed by atoms with Crippen molar-refractivity contribution in [1.82, 2.24) is 9.97 Å².